The number of hydrogen-bond acceptors (Lipinski definition) is 3. The second-order valence-electron chi connectivity index (χ2n) is 7.29. The summed E-state index contributed by atoms with van der Waals surface area (Å²) in [4.78, 5) is 26.6. The van der Waals surface area contributed by atoms with Gasteiger partial charge in [0.2, 0.25) is 0 Å². The number of likely N-dealkylation sites (tertiary alicyclic amines) is 1. The van der Waals surface area contributed by atoms with Crippen LogP contribution in [0.1, 0.15) is 41.3 Å². The van der Waals surface area contributed by atoms with Gasteiger partial charge in [0, 0.05) is 24.7 Å². The second-order valence-corrected chi connectivity index (χ2v) is 7.29. The maximum absolute atomic E-state index is 12.6. The first kappa shape index (κ1) is 19.9. The van der Waals surface area contributed by atoms with Gasteiger partial charge in [-0.05, 0) is 56.0 Å². The van der Waals surface area contributed by atoms with Gasteiger partial charge in [-0.2, -0.15) is 0 Å². The number of rotatable bonds is 6. The Bertz CT molecular complexity index is 792. The zero-order valence-corrected chi connectivity index (χ0v) is 16.6. The van der Waals surface area contributed by atoms with Crippen molar-refractivity contribution < 1.29 is 14.3 Å². The molecule has 0 spiro atoms. The molecule has 3 rings (SSSR count). The molecular formula is C23H28N2O3. The van der Waals surface area contributed by atoms with Crippen molar-refractivity contribution in [2.45, 2.75) is 39.2 Å². The molecule has 1 aliphatic rings. The standard InChI is InChI=1S/C23H28N2O3/c1-3-18-6-10-21(11-7-18)28-16-22(26)24-20-12-14-25(15-13-20)23(27)19-8-4-17(2)5-9-19/h4-11,20H,3,12-16H2,1-2H3,(H,24,26). The molecule has 0 atom stereocenters. The van der Waals surface area contributed by atoms with Crippen LogP contribution in [0.25, 0.3) is 0 Å². The highest BCUT2D eigenvalue weighted by molar-refractivity contribution is 5.94. The third-order valence-electron chi connectivity index (χ3n) is 5.15. The summed E-state index contributed by atoms with van der Waals surface area (Å²) in [5, 5.41) is 3.02. The minimum Gasteiger partial charge on any atom is -0.484 e. The van der Waals surface area contributed by atoms with Gasteiger partial charge in [0.15, 0.2) is 6.61 Å². The lowest BCUT2D eigenvalue weighted by atomic mass is 10.0. The fourth-order valence-corrected chi connectivity index (χ4v) is 3.35. The van der Waals surface area contributed by atoms with Gasteiger partial charge < -0.3 is 15.0 Å². The highest BCUT2D eigenvalue weighted by Gasteiger charge is 2.24. The molecule has 1 aliphatic heterocycles. The Balaban J connectivity index is 1.41. The lowest BCUT2D eigenvalue weighted by Crippen LogP contribution is -2.47. The predicted octanol–water partition coefficient (Wildman–Crippen LogP) is 3.36. The van der Waals surface area contributed by atoms with Crippen LogP contribution in [-0.4, -0.2) is 42.5 Å². The zero-order chi connectivity index (χ0) is 19.9. The molecular weight excluding hydrogens is 352 g/mol. The Kier molecular flexibility index (Phi) is 6.69. The first-order valence-corrected chi connectivity index (χ1v) is 9.92. The van der Waals surface area contributed by atoms with E-state index in [2.05, 4.69) is 12.2 Å². The molecule has 0 bridgehead atoms. The average Bonchev–Trinajstić information content (AvgIpc) is 2.73. The van der Waals surface area contributed by atoms with Crippen LogP contribution >= 0.6 is 0 Å². The summed E-state index contributed by atoms with van der Waals surface area (Å²) in [6, 6.07) is 15.5. The first-order chi connectivity index (χ1) is 13.5. The fraction of sp³-hybridized carbons (Fsp3) is 0.391. The van der Waals surface area contributed by atoms with E-state index in [9.17, 15) is 9.59 Å². The topological polar surface area (TPSA) is 58.6 Å². The molecule has 1 fully saturated rings. The lowest BCUT2D eigenvalue weighted by Gasteiger charge is -2.32. The molecule has 1 heterocycles. The van der Waals surface area contributed by atoms with Gasteiger partial charge >= 0.3 is 0 Å². The molecule has 1 N–H and O–H groups in total. The average molecular weight is 380 g/mol. The van der Waals surface area contributed by atoms with Crippen LogP contribution in [0.5, 0.6) is 5.75 Å². The molecule has 2 aromatic carbocycles. The van der Waals surface area contributed by atoms with Crippen molar-refractivity contribution in [3.63, 3.8) is 0 Å². The first-order valence-electron chi connectivity index (χ1n) is 9.92. The molecule has 5 heteroatoms. The quantitative estimate of drug-likeness (QED) is 0.836. The smallest absolute Gasteiger partial charge is 0.258 e. The van der Waals surface area contributed by atoms with Crippen LogP contribution in [0.2, 0.25) is 0 Å². The molecule has 2 aromatic rings. The fourth-order valence-electron chi connectivity index (χ4n) is 3.35. The van der Waals surface area contributed by atoms with E-state index in [0.29, 0.717) is 18.8 Å². The second kappa shape index (κ2) is 9.40. The van der Waals surface area contributed by atoms with Crippen molar-refractivity contribution >= 4 is 11.8 Å². The molecule has 0 unspecified atom stereocenters. The Labute approximate surface area is 166 Å². The van der Waals surface area contributed by atoms with Crippen LogP contribution in [0, 0.1) is 6.92 Å². The summed E-state index contributed by atoms with van der Waals surface area (Å²) in [6.45, 7) is 5.41. The Morgan fingerprint density at radius 1 is 1.04 bits per heavy atom. The van der Waals surface area contributed by atoms with Gasteiger partial charge in [-0.3, -0.25) is 9.59 Å². The summed E-state index contributed by atoms with van der Waals surface area (Å²) in [7, 11) is 0. The van der Waals surface area contributed by atoms with E-state index >= 15 is 0 Å². The number of nitrogens with zero attached hydrogens (tertiary/aromatic N) is 1. The summed E-state index contributed by atoms with van der Waals surface area (Å²) in [5.41, 5.74) is 3.10. The number of piperidine rings is 1. The Morgan fingerprint density at radius 3 is 2.29 bits per heavy atom. The van der Waals surface area contributed by atoms with Crippen LogP contribution in [0.3, 0.4) is 0 Å². The molecule has 28 heavy (non-hydrogen) atoms. The highest BCUT2D eigenvalue weighted by atomic mass is 16.5. The van der Waals surface area contributed by atoms with E-state index in [4.69, 9.17) is 4.74 Å². The summed E-state index contributed by atoms with van der Waals surface area (Å²) in [6.07, 6.45) is 2.49. The number of aryl methyl sites for hydroxylation is 2. The Morgan fingerprint density at radius 2 is 1.68 bits per heavy atom. The van der Waals surface area contributed by atoms with Crippen molar-refractivity contribution in [2.75, 3.05) is 19.7 Å². The monoisotopic (exact) mass is 380 g/mol. The number of ether oxygens (including phenoxy) is 1. The Hall–Kier alpha value is -2.82. The van der Waals surface area contributed by atoms with Gasteiger partial charge in [-0.1, -0.05) is 36.8 Å². The van der Waals surface area contributed by atoms with E-state index in [1.165, 1.54) is 5.56 Å². The number of benzene rings is 2. The number of carbonyl (C=O) groups is 2. The van der Waals surface area contributed by atoms with E-state index < -0.39 is 0 Å². The van der Waals surface area contributed by atoms with Gasteiger partial charge in [0.25, 0.3) is 11.8 Å². The summed E-state index contributed by atoms with van der Waals surface area (Å²) >= 11 is 0. The van der Waals surface area contributed by atoms with Crippen molar-refractivity contribution in [1.82, 2.24) is 10.2 Å². The van der Waals surface area contributed by atoms with E-state index in [-0.39, 0.29) is 24.5 Å². The van der Waals surface area contributed by atoms with E-state index in [1.807, 2.05) is 60.4 Å². The van der Waals surface area contributed by atoms with E-state index in [0.717, 1.165) is 30.4 Å². The SMILES string of the molecule is CCc1ccc(OCC(=O)NC2CCN(C(=O)c3ccc(C)cc3)CC2)cc1. The number of nitrogens with one attached hydrogen (secondary N) is 1. The molecule has 2 amide bonds. The maximum atomic E-state index is 12.6. The zero-order valence-electron chi connectivity index (χ0n) is 16.6. The molecule has 148 valence electrons. The maximum Gasteiger partial charge on any atom is 0.258 e. The number of amides is 2. The third kappa shape index (κ3) is 5.35. The van der Waals surface area contributed by atoms with Gasteiger partial charge in [-0.15, -0.1) is 0 Å². The minimum atomic E-state index is -0.122. The number of hydrogen-bond donors (Lipinski definition) is 1. The van der Waals surface area contributed by atoms with Gasteiger partial charge in [0.1, 0.15) is 5.75 Å². The van der Waals surface area contributed by atoms with Gasteiger partial charge in [0.05, 0.1) is 0 Å². The number of carbonyl (C=O) groups excluding carboxylic acids is 2. The minimum absolute atomic E-state index is 0.00792. The molecule has 0 aliphatic carbocycles. The van der Waals surface area contributed by atoms with Crippen molar-refractivity contribution in [3.05, 3.63) is 65.2 Å². The van der Waals surface area contributed by atoms with Crippen molar-refractivity contribution in [3.8, 4) is 5.75 Å². The largest absolute Gasteiger partial charge is 0.484 e. The van der Waals surface area contributed by atoms with Crippen LogP contribution < -0.4 is 10.1 Å². The molecule has 0 aromatic heterocycles. The molecule has 5 nitrogen and oxygen atoms in total. The third-order valence-corrected chi connectivity index (χ3v) is 5.15. The summed E-state index contributed by atoms with van der Waals surface area (Å²) < 4.78 is 5.56. The normalized spacial score (nSPS) is 14.6. The molecule has 0 saturated carbocycles. The molecule has 1 saturated heterocycles. The van der Waals surface area contributed by atoms with E-state index in [1.54, 1.807) is 0 Å². The van der Waals surface area contributed by atoms with Crippen LogP contribution in [0.4, 0.5) is 0 Å². The predicted molar refractivity (Wildman–Crippen MR) is 110 cm³/mol. The van der Waals surface area contributed by atoms with Crippen LogP contribution in [0.15, 0.2) is 48.5 Å². The molecule has 0 radical (unpaired) electrons. The van der Waals surface area contributed by atoms with Crippen molar-refractivity contribution in [1.29, 1.82) is 0 Å². The lowest BCUT2D eigenvalue weighted by molar-refractivity contribution is -0.124. The summed E-state index contributed by atoms with van der Waals surface area (Å²) in [5.74, 6) is 0.636. The van der Waals surface area contributed by atoms with Crippen molar-refractivity contribution in [2.24, 2.45) is 0 Å². The van der Waals surface area contributed by atoms with Gasteiger partial charge in [-0.25, -0.2) is 0 Å². The van der Waals surface area contributed by atoms with Crippen LogP contribution in [-0.2, 0) is 11.2 Å². The highest BCUT2D eigenvalue weighted by Crippen LogP contribution is 2.15.